The summed E-state index contributed by atoms with van der Waals surface area (Å²) in [4.78, 5) is 14.8. The molecule has 0 aliphatic carbocycles. The maximum absolute atomic E-state index is 10.7. The van der Waals surface area contributed by atoms with Crippen LogP contribution in [0.1, 0.15) is 11.1 Å². The summed E-state index contributed by atoms with van der Waals surface area (Å²) in [5.41, 5.74) is 9.05. The number of H-pyrrole nitrogens is 1. The fraction of sp³-hybridized carbons (Fsp3) is 0.143. The Balaban J connectivity index is 1.98. The van der Waals surface area contributed by atoms with Gasteiger partial charge >= 0.3 is 0 Å². The zero-order valence-corrected chi connectivity index (χ0v) is 13.0. The Hall–Kier alpha value is -2.81. The minimum absolute atomic E-state index is 0.102. The van der Waals surface area contributed by atoms with E-state index in [-0.39, 0.29) is 11.5 Å². The van der Waals surface area contributed by atoms with Gasteiger partial charge in [-0.05, 0) is 18.1 Å². The Morgan fingerprint density at radius 1 is 1.57 bits per heavy atom. The summed E-state index contributed by atoms with van der Waals surface area (Å²) in [6, 6.07) is 5.38. The van der Waals surface area contributed by atoms with Gasteiger partial charge in [0, 0.05) is 5.56 Å². The van der Waals surface area contributed by atoms with E-state index in [0.29, 0.717) is 23.1 Å². The number of carbonyl (C=O) groups is 1. The van der Waals surface area contributed by atoms with E-state index in [0.717, 1.165) is 17.3 Å². The molecule has 0 unspecified atom stereocenters. The van der Waals surface area contributed by atoms with E-state index in [1.54, 1.807) is 12.1 Å². The summed E-state index contributed by atoms with van der Waals surface area (Å²) in [6.45, 7) is 3.65. The van der Waals surface area contributed by atoms with Crippen LogP contribution in [0.3, 0.4) is 0 Å². The number of aromatic nitrogens is 3. The third-order valence-corrected chi connectivity index (χ3v) is 3.57. The molecule has 5 N–H and O–H groups in total. The number of nitrogens with one attached hydrogen (secondary N) is 2. The standard InChI is InChI=1S/C14H16N6O2S/c1-2-4-9-5-3-6-10(12(9)22)7-16-18-13-17-14(20-19-13)23-8-11(15)21/h2-3,5-7,22H,1,4,8H2,(H2,15,21)(H2,17,18,19,20)/b16-7+. The third-order valence-electron chi connectivity index (χ3n) is 2.70. The van der Waals surface area contributed by atoms with Crippen LogP contribution in [0.25, 0.3) is 0 Å². The second kappa shape index (κ2) is 7.99. The van der Waals surface area contributed by atoms with Crippen molar-refractivity contribution in [2.75, 3.05) is 11.2 Å². The van der Waals surface area contributed by atoms with Gasteiger partial charge in [-0.15, -0.1) is 11.7 Å². The summed E-state index contributed by atoms with van der Waals surface area (Å²) >= 11 is 1.12. The Kier molecular flexibility index (Phi) is 5.75. The molecule has 1 heterocycles. The predicted molar refractivity (Wildman–Crippen MR) is 89.5 cm³/mol. The maximum Gasteiger partial charge on any atom is 0.240 e. The van der Waals surface area contributed by atoms with Crippen molar-refractivity contribution >= 4 is 29.8 Å². The molecule has 0 fully saturated rings. The number of para-hydroxylation sites is 1. The molecule has 1 aromatic heterocycles. The molecule has 0 bridgehead atoms. The van der Waals surface area contributed by atoms with Crippen LogP contribution >= 0.6 is 11.8 Å². The van der Waals surface area contributed by atoms with Gasteiger partial charge in [0.2, 0.25) is 17.0 Å². The minimum Gasteiger partial charge on any atom is -0.507 e. The smallest absolute Gasteiger partial charge is 0.240 e. The molecule has 2 aromatic rings. The zero-order valence-electron chi connectivity index (χ0n) is 12.2. The number of carbonyl (C=O) groups excluding carboxylic acids is 1. The largest absolute Gasteiger partial charge is 0.507 e. The lowest BCUT2D eigenvalue weighted by atomic mass is 10.1. The first-order chi connectivity index (χ1) is 11.1. The number of hydrogen-bond acceptors (Lipinski definition) is 7. The Morgan fingerprint density at radius 2 is 2.39 bits per heavy atom. The number of aromatic amines is 1. The summed E-state index contributed by atoms with van der Waals surface area (Å²) in [5, 5.41) is 21.0. The number of nitrogens with two attached hydrogens (primary N) is 1. The quantitative estimate of drug-likeness (QED) is 0.249. The molecular formula is C14H16N6O2S. The molecule has 8 nitrogen and oxygen atoms in total. The minimum atomic E-state index is -0.442. The number of rotatable bonds is 8. The molecule has 1 amide bonds. The molecule has 0 saturated heterocycles. The van der Waals surface area contributed by atoms with Crippen LogP contribution < -0.4 is 11.2 Å². The van der Waals surface area contributed by atoms with Crippen molar-refractivity contribution in [1.29, 1.82) is 0 Å². The van der Waals surface area contributed by atoms with Crippen molar-refractivity contribution in [2.45, 2.75) is 11.6 Å². The van der Waals surface area contributed by atoms with E-state index in [4.69, 9.17) is 5.73 Å². The van der Waals surface area contributed by atoms with E-state index < -0.39 is 5.91 Å². The lowest BCUT2D eigenvalue weighted by Crippen LogP contribution is -2.13. The highest BCUT2D eigenvalue weighted by atomic mass is 32.2. The number of thioether (sulfide) groups is 1. The van der Waals surface area contributed by atoms with Crippen LogP contribution in [-0.4, -0.2) is 38.2 Å². The monoisotopic (exact) mass is 332 g/mol. The zero-order chi connectivity index (χ0) is 16.7. The fourth-order valence-corrected chi connectivity index (χ4v) is 2.23. The van der Waals surface area contributed by atoms with Crippen LogP contribution in [0, 0.1) is 0 Å². The highest BCUT2D eigenvalue weighted by Gasteiger charge is 2.06. The summed E-state index contributed by atoms with van der Waals surface area (Å²) in [6.07, 6.45) is 3.76. The Bertz CT molecular complexity index is 728. The molecule has 120 valence electrons. The molecule has 0 aliphatic rings. The average molecular weight is 332 g/mol. The molecule has 0 saturated carbocycles. The number of amides is 1. The van der Waals surface area contributed by atoms with Gasteiger partial charge in [0.05, 0.1) is 12.0 Å². The van der Waals surface area contributed by atoms with E-state index >= 15 is 0 Å². The van der Waals surface area contributed by atoms with Gasteiger partial charge in [-0.2, -0.15) is 10.1 Å². The number of benzene rings is 1. The third kappa shape index (κ3) is 4.85. The van der Waals surface area contributed by atoms with Crippen LogP contribution in [0.5, 0.6) is 5.75 Å². The van der Waals surface area contributed by atoms with Gasteiger partial charge in [0.15, 0.2) is 0 Å². The lowest BCUT2D eigenvalue weighted by molar-refractivity contribution is -0.115. The molecule has 9 heteroatoms. The molecule has 2 rings (SSSR count). The molecule has 0 aliphatic heterocycles. The Labute approximate surface area is 136 Å². The van der Waals surface area contributed by atoms with Gasteiger partial charge in [-0.1, -0.05) is 30.0 Å². The number of hydrazone groups is 1. The van der Waals surface area contributed by atoms with Crippen molar-refractivity contribution in [3.8, 4) is 5.75 Å². The predicted octanol–water partition coefficient (Wildman–Crippen LogP) is 1.26. The van der Waals surface area contributed by atoms with Crippen LogP contribution in [-0.2, 0) is 11.2 Å². The number of primary amides is 1. The highest BCUT2D eigenvalue weighted by Crippen LogP contribution is 2.21. The second-order valence-electron chi connectivity index (χ2n) is 4.44. The molecule has 0 spiro atoms. The summed E-state index contributed by atoms with van der Waals surface area (Å²) in [5.74, 6) is 0.134. The van der Waals surface area contributed by atoms with Gasteiger partial charge < -0.3 is 10.8 Å². The molecule has 0 atom stereocenters. The lowest BCUT2D eigenvalue weighted by Gasteiger charge is -2.04. The van der Waals surface area contributed by atoms with Gasteiger partial charge in [-0.25, -0.2) is 10.5 Å². The topological polar surface area (TPSA) is 129 Å². The number of hydrogen-bond donors (Lipinski definition) is 4. The SMILES string of the molecule is C=CCc1cccc(/C=N/Nc2nc(SCC(N)=O)n[nH]2)c1O. The molecule has 0 radical (unpaired) electrons. The fourth-order valence-electron chi connectivity index (χ4n) is 1.70. The molecular weight excluding hydrogens is 316 g/mol. The molecule has 23 heavy (non-hydrogen) atoms. The van der Waals surface area contributed by atoms with E-state index in [1.165, 1.54) is 6.21 Å². The number of aromatic hydroxyl groups is 1. The highest BCUT2D eigenvalue weighted by molar-refractivity contribution is 7.99. The summed E-state index contributed by atoms with van der Waals surface area (Å²) < 4.78 is 0. The maximum atomic E-state index is 10.7. The van der Waals surface area contributed by atoms with E-state index in [9.17, 15) is 9.90 Å². The summed E-state index contributed by atoms with van der Waals surface area (Å²) in [7, 11) is 0. The Morgan fingerprint density at radius 3 is 3.13 bits per heavy atom. The normalized spacial score (nSPS) is 10.8. The van der Waals surface area contributed by atoms with Crippen molar-refractivity contribution < 1.29 is 9.90 Å². The first kappa shape index (κ1) is 16.6. The first-order valence-electron chi connectivity index (χ1n) is 6.64. The van der Waals surface area contributed by atoms with Crippen molar-refractivity contribution in [2.24, 2.45) is 10.8 Å². The van der Waals surface area contributed by atoms with E-state index in [1.807, 2.05) is 12.1 Å². The van der Waals surface area contributed by atoms with Crippen molar-refractivity contribution in [1.82, 2.24) is 15.2 Å². The number of nitrogens with zero attached hydrogens (tertiary/aromatic N) is 3. The number of phenols is 1. The van der Waals surface area contributed by atoms with Crippen LogP contribution in [0.4, 0.5) is 5.95 Å². The van der Waals surface area contributed by atoms with Crippen molar-refractivity contribution in [3.05, 3.63) is 42.0 Å². The van der Waals surface area contributed by atoms with E-state index in [2.05, 4.69) is 32.3 Å². The molecule has 1 aromatic carbocycles. The number of phenolic OH excluding ortho intramolecular Hbond substituents is 1. The second-order valence-corrected chi connectivity index (χ2v) is 5.38. The van der Waals surface area contributed by atoms with Gasteiger partial charge in [0.1, 0.15) is 5.75 Å². The van der Waals surface area contributed by atoms with Crippen molar-refractivity contribution in [3.63, 3.8) is 0 Å². The first-order valence-corrected chi connectivity index (χ1v) is 7.63. The van der Waals surface area contributed by atoms with Crippen LogP contribution in [0.15, 0.2) is 41.1 Å². The van der Waals surface area contributed by atoms with Gasteiger partial charge in [0.25, 0.3) is 0 Å². The average Bonchev–Trinajstić information content (AvgIpc) is 2.97. The van der Waals surface area contributed by atoms with Crippen LogP contribution in [0.2, 0.25) is 0 Å². The number of allylic oxidation sites excluding steroid dienone is 1. The number of anilines is 1. The van der Waals surface area contributed by atoms with Gasteiger partial charge in [-0.3, -0.25) is 4.79 Å².